The molecule has 0 fully saturated rings. The van der Waals surface area contributed by atoms with E-state index in [1.807, 2.05) is 0 Å². The normalized spacial score (nSPS) is 11.7. The zero-order valence-corrected chi connectivity index (χ0v) is 11.5. The van der Waals surface area contributed by atoms with E-state index in [4.69, 9.17) is 4.74 Å². The predicted molar refractivity (Wildman–Crippen MR) is 77.6 cm³/mol. The Morgan fingerprint density at radius 2 is 1.81 bits per heavy atom. The van der Waals surface area contributed by atoms with Crippen LogP contribution in [0, 0.1) is 15.9 Å². The molecule has 0 aromatic heterocycles. The summed E-state index contributed by atoms with van der Waals surface area (Å²) >= 11 is 0. The maximum absolute atomic E-state index is 13.0. The van der Waals surface area contributed by atoms with Crippen LogP contribution < -0.4 is 10.1 Å². The van der Waals surface area contributed by atoms with Crippen LogP contribution in [0.25, 0.3) is 0 Å². The standard InChI is InChI=1S/C15H15FN2O3/c1-21-14-8-6-13(7-9-14)17-15(10-18(19)20)11-2-4-12(16)5-3-11/h2-9,15,17H,10H2,1H3/t15-/m0/s1. The molecule has 2 aromatic rings. The lowest BCUT2D eigenvalue weighted by molar-refractivity contribution is -0.482. The lowest BCUT2D eigenvalue weighted by Crippen LogP contribution is -2.20. The van der Waals surface area contributed by atoms with E-state index in [9.17, 15) is 14.5 Å². The first kappa shape index (κ1) is 14.8. The van der Waals surface area contributed by atoms with Crippen molar-refractivity contribution in [1.82, 2.24) is 0 Å². The summed E-state index contributed by atoms with van der Waals surface area (Å²) in [7, 11) is 1.57. The fourth-order valence-electron chi connectivity index (χ4n) is 1.97. The Bertz CT molecular complexity index is 599. The van der Waals surface area contributed by atoms with Crippen molar-refractivity contribution in [3.05, 3.63) is 70.0 Å². The molecule has 0 unspecified atom stereocenters. The van der Waals surface area contributed by atoms with Gasteiger partial charge in [-0.05, 0) is 42.0 Å². The molecule has 0 aliphatic heterocycles. The molecular weight excluding hydrogens is 275 g/mol. The van der Waals surface area contributed by atoms with Gasteiger partial charge in [-0.3, -0.25) is 10.1 Å². The molecule has 110 valence electrons. The van der Waals surface area contributed by atoms with Crippen LogP contribution >= 0.6 is 0 Å². The van der Waals surface area contributed by atoms with Gasteiger partial charge in [0.25, 0.3) is 0 Å². The first-order valence-electron chi connectivity index (χ1n) is 6.36. The van der Waals surface area contributed by atoms with Crippen molar-refractivity contribution in [3.8, 4) is 5.75 Å². The molecular formula is C15H15FN2O3. The van der Waals surface area contributed by atoms with Crippen molar-refractivity contribution in [2.45, 2.75) is 6.04 Å². The highest BCUT2D eigenvalue weighted by Gasteiger charge is 2.17. The highest BCUT2D eigenvalue weighted by molar-refractivity contribution is 5.48. The third-order valence-corrected chi connectivity index (χ3v) is 3.03. The third kappa shape index (κ3) is 4.17. The molecule has 0 aliphatic carbocycles. The molecule has 0 saturated heterocycles. The number of hydrogen-bond donors (Lipinski definition) is 1. The Morgan fingerprint density at radius 1 is 1.19 bits per heavy atom. The van der Waals surface area contributed by atoms with Gasteiger partial charge in [-0.15, -0.1) is 0 Å². The molecule has 5 nitrogen and oxygen atoms in total. The lowest BCUT2D eigenvalue weighted by atomic mass is 10.1. The molecule has 0 aliphatic rings. The van der Waals surface area contributed by atoms with Crippen molar-refractivity contribution in [2.24, 2.45) is 0 Å². The van der Waals surface area contributed by atoms with Crippen LogP contribution in [-0.2, 0) is 0 Å². The van der Waals surface area contributed by atoms with Crippen LogP contribution in [0.15, 0.2) is 48.5 Å². The van der Waals surface area contributed by atoms with Crippen molar-refractivity contribution < 1.29 is 14.1 Å². The first-order chi connectivity index (χ1) is 10.1. The number of nitrogens with one attached hydrogen (secondary N) is 1. The molecule has 0 bridgehead atoms. The Kier molecular flexibility index (Phi) is 4.71. The lowest BCUT2D eigenvalue weighted by Gasteiger charge is -2.17. The maximum Gasteiger partial charge on any atom is 0.227 e. The number of rotatable bonds is 6. The van der Waals surface area contributed by atoms with Crippen LogP contribution in [0.3, 0.4) is 0 Å². The summed E-state index contributed by atoms with van der Waals surface area (Å²) in [6.45, 7) is -0.294. The number of halogens is 1. The number of anilines is 1. The number of methoxy groups -OCH3 is 1. The molecule has 1 N–H and O–H groups in total. The molecule has 6 heteroatoms. The quantitative estimate of drug-likeness (QED) is 0.655. The van der Waals surface area contributed by atoms with Crippen LogP contribution in [-0.4, -0.2) is 18.6 Å². The summed E-state index contributed by atoms with van der Waals surface area (Å²) in [6, 6.07) is 12.2. The monoisotopic (exact) mass is 290 g/mol. The summed E-state index contributed by atoms with van der Waals surface area (Å²) in [5.74, 6) is 0.330. The Morgan fingerprint density at radius 3 is 2.33 bits per heavy atom. The van der Waals surface area contributed by atoms with E-state index in [1.165, 1.54) is 12.1 Å². The number of benzene rings is 2. The van der Waals surface area contributed by atoms with Gasteiger partial charge >= 0.3 is 0 Å². The average Bonchev–Trinajstić information content (AvgIpc) is 2.48. The van der Waals surface area contributed by atoms with Crippen molar-refractivity contribution in [2.75, 3.05) is 19.0 Å². The Labute approximate surface area is 121 Å². The average molecular weight is 290 g/mol. The summed E-state index contributed by atoms with van der Waals surface area (Å²) in [5, 5.41) is 13.9. The SMILES string of the molecule is COc1ccc(N[C@@H](C[N+](=O)[O-])c2ccc(F)cc2)cc1. The molecule has 21 heavy (non-hydrogen) atoms. The van der Waals surface area contributed by atoms with E-state index in [2.05, 4.69) is 5.32 Å². The topological polar surface area (TPSA) is 64.4 Å². The zero-order chi connectivity index (χ0) is 15.2. The molecule has 0 radical (unpaired) electrons. The molecule has 0 saturated carbocycles. The molecule has 0 spiro atoms. The smallest absolute Gasteiger partial charge is 0.227 e. The second-order valence-corrected chi connectivity index (χ2v) is 4.49. The van der Waals surface area contributed by atoms with Gasteiger partial charge in [0.05, 0.1) is 7.11 Å². The van der Waals surface area contributed by atoms with Crippen molar-refractivity contribution in [1.29, 1.82) is 0 Å². The van der Waals surface area contributed by atoms with Crippen LogP contribution in [0.1, 0.15) is 11.6 Å². The summed E-state index contributed by atoms with van der Waals surface area (Å²) in [4.78, 5) is 10.4. The third-order valence-electron chi connectivity index (χ3n) is 3.03. The minimum absolute atomic E-state index is 0.294. The number of nitro groups is 1. The molecule has 0 heterocycles. The van der Waals surface area contributed by atoms with E-state index in [0.717, 1.165) is 5.69 Å². The van der Waals surface area contributed by atoms with Gasteiger partial charge in [0.1, 0.15) is 17.6 Å². The maximum atomic E-state index is 13.0. The van der Waals surface area contributed by atoms with Crippen LogP contribution in [0.2, 0.25) is 0 Å². The molecule has 0 amide bonds. The van der Waals surface area contributed by atoms with Gasteiger partial charge in [-0.2, -0.15) is 0 Å². The summed E-state index contributed by atoms with van der Waals surface area (Å²) in [5.41, 5.74) is 1.39. The van der Waals surface area contributed by atoms with Crippen LogP contribution in [0.4, 0.5) is 10.1 Å². The van der Waals surface area contributed by atoms with Crippen molar-refractivity contribution in [3.63, 3.8) is 0 Å². The molecule has 2 rings (SSSR count). The summed E-state index contributed by atoms with van der Waals surface area (Å²) in [6.07, 6.45) is 0. The van der Waals surface area contributed by atoms with Gasteiger partial charge < -0.3 is 10.1 Å². The van der Waals surface area contributed by atoms with Gasteiger partial charge in [0.15, 0.2) is 0 Å². The van der Waals surface area contributed by atoms with E-state index < -0.39 is 11.0 Å². The van der Waals surface area contributed by atoms with Gasteiger partial charge in [-0.1, -0.05) is 12.1 Å². The second kappa shape index (κ2) is 6.69. The Hall–Kier alpha value is -2.63. The highest BCUT2D eigenvalue weighted by Crippen LogP contribution is 2.22. The zero-order valence-electron chi connectivity index (χ0n) is 11.5. The minimum Gasteiger partial charge on any atom is -0.497 e. The Balaban J connectivity index is 2.19. The van der Waals surface area contributed by atoms with E-state index in [0.29, 0.717) is 11.3 Å². The van der Waals surface area contributed by atoms with E-state index >= 15 is 0 Å². The minimum atomic E-state index is -0.533. The largest absolute Gasteiger partial charge is 0.497 e. The number of hydrogen-bond acceptors (Lipinski definition) is 4. The summed E-state index contributed by atoms with van der Waals surface area (Å²) < 4.78 is 18.0. The second-order valence-electron chi connectivity index (χ2n) is 4.49. The predicted octanol–water partition coefficient (Wildman–Crippen LogP) is 3.26. The van der Waals surface area contributed by atoms with Crippen molar-refractivity contribution >= 4 is 5.69 Å². The van der Waals surface area contributed by atoms with Gasteiger partial charge in [-0.25, -0.2) is 4.39 Å². The first-order valence-corrected chi connectivity index (χ1v) is 6.36. The number of nitrogens with zero attached hydrogens (tertiary/aromatic N) is 1. The van der Waals surface area contributed by atoms with E-state index in [-0.39, 0.29) is 12.4 Å². The van der Waals surface area contributed by atoms with Gasteiger partial charge in [0, 0.05) is 10.6 Å². The number of ether oxygens (including phenoxy) is 1. The molecule has 2 aromatic carbocycles. The highest BCUT2D eigenvalue weighted by atomic mass is 19.1. The van der Waals surface area contributed by atoms with E-state index in [1.54, 1.807) is 43.5 Å². The van der Waals surface area contributed by atoms with Crippen LogP contribution in [0.5, 0.6) is 5.75 Å². The van der Waals surface area contributed by atoms with Gasteiger partial charge in [0.2, 0.25) is 6.54 Å². The fraction of sp³-hybridized carbons (Fsp3) is 0.200. The fourth-order valence-corrected chi connectivity index (χ4v) is 1.97. The molecule has 1 atom stereocenters.